The zero-order chi connectivity index (χ0) is 18.2. The van der Waals surface area contributed by atoms with Crippen molar-refractivity contribution in [3.63, 3.8) is 0 Å². The summed E-state index contributed by atoms with van der Waals surface area (Å²) in [6, 6.07) is 7.72. The molecule has 0 unspecified atom stereocenters. The number of nitrogens with zero attached hydrogens (tertiary/aromatic N) is 2. The number of nitrogens with one attached hydrogen (secondary N) is 2. The lowest BCUT2D eigenvalue weighted by molar-refractivity contribution is 0.215. The van der Waals surface area contributed by atoms with Gasteiger partial charge in [-0.3, -0.25) is 9.89 Å². The maximum atomic E-state index is 5.75. The molecule has 1 aromatic carbocycles. The zero-order valence-corrected chi connectivity index (χ0v) is 16.4. The number of aliphatic imine (C=N–C) groups is 1. The van der Waals surface area contributed by atoms with E-state index >= 15 is 0 Å². The van der Waals surface area contributed by atoms with E-state index in [1.807, 2.05) is 14.0 Å². The molecule has 0 aliphatic heterocycles. The molecule has 25 heavy (non-hydrogen) atoms. The largest absolute Gasteiger partial charge is 0.494 e. The number of benzene rings is 1. The molecule has 0 radical (unpaired) electrons. The van der Waals surface area contributed by atoms with Gasteiger partial charge >= 0.3 is 0 Å². The number of guanidine groups is 1. The molecule has 0 aromatic heterocycles. The van der Waals surface area contributed by atoms with Gasteiger partial charge in [0.2, 0.25) is 0 Å². The van der Waals surface area contributed by atoms with Crippen molar-refractivity contribution in [1.82, 2.24) is 15.5 Å². The van der Waals surface area contributed by atoms with E-state index < -0.39 is 0 Å². The Bertz CT molecular complexity index is 565. The molecule has 0 bridgehead atoms. The van der Waals surface area contributed by atoms with Gasteiger partial charge in [-0.1, -0.05) is 12.1 Å². The molecule has 0 atom stereocenters. The lowest BCUT2D eigenvalue weighted by Gasteiger charge is -2.26. The molecule has 1 aliphatic rings. The first-order valence-electron chi connectivity index (χ1n) is 9.47. The van der Waals surface area contributed by atoms with Crippen molar-refractivity contribution in [2.75, 3.05) is 26.7 Å². The number of aryl methyl sites for hydroxylation is 1. The Morgan fingerprint density at radius 2 is 2.08 bits per heavy atom. The van der Waals surface area contributed by atoms with E-state index in [0.717, 1.165) is 36.4 Å². The molecule has 5 nitrogen and oxygen atoms in total. The molecule has 1 aromatic rings. The first-order valence-corrected chi connectivity index (χ1v) is 9.47. The molecular formula is C20H34N4O. The predicted octanol–water partition coefficient (Wildman–Crippen LogP) is 2.93. The van der Waals surface area contributed by atoms with Crippen molar-refractivity contribution in [3.05, 3.63) is 29.3 Å². The normalized spacial score (nSPS) is 14.9. The van der Waals surface area contributed by atoms with E-state index in [-0.39, 0.29) is 0 Å². The van der Waals surface area contributed by atoms with Crippen molar-refractivity contribution < 1.29 is 4.74 Å². The molecule has 0 spiro atoms. The van der Waals surface area contributed by atoms with Crippen LogP contribution in [0.3, 0.4) is 0 Å². The Balaban J connectivity index is 1.82. The lowest BCUT2D eigenvalue weighted by atomic mass is 10.1. The number of ether oxygens (including phenoxy) is 1. The maximum Gasteiger partial charge on any atom is 0.191 e. The van der Waals surface area contributed by atoms with Crippen LogP contribution in [-0.2, 0) is 6.54 Å². The highest BCUT2D eigenvalue weighted by molar-refractivity contribution is 5.79. The van der Waals surface area contributed by atoms with Crippen LogP contribution in [0.5, 0.6) is 5.75 Å². The molecule has 5 heteroatoms. The van der Waals surface area contributed by atoms with Crippen molar-refractivity contribution in [2.24, 2.45) is 4.99 Å². The van der Waals surface area contributed by atoms with Crippen LogP contribution in [0.4, 0.5) is 0 Å². The predicted molar refractivity (Wildman–Crippen MR) is 105 cm³/mol. The fraction of sp³-hybridized carbons (Fsp3) is 0.650. The Hall–Kier alpha value is -1.75. The third kappa shape index (κ3) is 6.24. The summed E-state index contributed by atoms with van der Waals surface area (Å²) in [4.78, 5) is 6.91. The lowest BCUT2D eigenvalue weighted by Crippen LogP contribution is -2.43. The van der Waals surface area contributed by atoms with Gasteiger partial charge in [-0.2, -0.15) is 0 Å². The van der Waals surface area contributed by atoms with Gasteiger partial charge in [-0.15, -0.1) is 0 Å². The van der Waals surface area contributed by atoms with Gasteiger partial charge in [-0.05, 0) is 52.2 Å². The summed E-state index contributed by atoms with van der Waals surface area (Å²) in [5.74, 6) is 1.78. The summed E-state index contributed by atoms with van der Waals surface area (Å²) in [7, 11) is 1.81. The number of hydrogen-bond donors (Lipinski definition) is 2. The van der Waals surface area contributed by atoms with Crippen LogP contribution in [0, 0.1) is 6.92 Å². The molecule has 0 saturated heterocycles. The second kappa shape index (κ2) is 9.66. The first kappa shape index (κ1) is 19.6. The van der Waals surface area contributed by atoms with E-state index in [2.05, 4.69) is 59.5 Å². The second-order valence-corrected chi connectivity index (χ2v) is 6.96. The summed E-state index contributed by atoms with van der Waals surface area (Å²) in [5.41, 5.74) is 2.36. The third-order valence-corrected chi connectivity index (χ3v) is 4.53. The summed E-state index contributed by atoms with van der Waals surface area (Å²) < 4.78 is 5.75. The second-order valence-electron chi connectivity index (χ2n) is 6.96. The SMILES string of the molecule is CCOc1cc(C)ccc1CNC(=NC)NCCN(C(C)C)C1CC1. The van der Waals surface area contributed by atoms with Gasteiger partial charge in [-0.25, -0.2) is 0 Å². The van der Waals surface area contributed by atoms with Crippen LogP contribution < -0.4 is 15.4 Å². The van der Waals surface area contributed by atoms with Crippen LogP contribution in [0.2, 0.25) is 0 Å². The highest BCUT2D eigenvalue weighted by atomic mass is 16.5. The van der Waals surface area contributed by atoms with Crippen LogP contribution in [0.15, 0.2) is 23.2 Å². The number of rotatable bonds is 9. The Morgan fingerprint density at radius 1 is 1.32 bits per heavy atom. The molecule has 1 fully saturated rings. The summed E-state index contributed by atoms with van der Waals surface area (Å²) >= 11 is 0. The van der Waals surface area contributed by atoms with E-state index in [0.29, 0.717) is 19.2 Å². The Labute approximate surface area is 152 Å². The minimum Gasteiger partial charge on any atom is -0.494 e. The molecule has 2 N–H and O–H groups in total. The minimum absolute atomic E-state index is 0.602. The van der Waals surface area contributed by atoms with Crippen molar-refractivity contribution >= 4 is 5.96 Å². The van der Waals surface area contributed by atoms with Crippen LogP contribution in [0.1, 0.15) is 44.7 Å². The summed E-state index contributed by atoms with van der Waals surface area (Å²) in [6.45, 7) is 12.0. The zero-order valence-electron chi connectivity index (χ0n) is 16.4. The van der Waals surface area contributed by atoms with Gasteiger partial charge in [0.1, 0.15) is 5.75 Å². The van der Waals surface area contributed by atoms with Crippen LogP contribution in [-0.4, -0.2) is 49.7 Å². The van der Waals surface area contributed by atoms with Gasteiger partial charge < -0.3 is 15.4 Å². The average molecular weight is 347 g/mol. The molecule has 140 valence electrons. The molecule has 2 rings (SSSR count). The van der Waals surface area contributed by atoms with Crippen LogP contribution in [0.25, 0.3) is 0 Å². The van der Waals surface area contributed by atoms with Gasteiger partial charge in [0.05, 0.1) is 6.61 Å². The first-order chi connectivity index (χ1) is 12.0. The fourth-order valence-corrected chi connectivity index (χ4v) is 3.07. The van der Waals surface area contributed by atoms with Crippen LogP contribution >= 0.6 is 0 Å². The molecule has 0 heterocycles. The highest BCUT2D eigenvalue weighted by Gasteiger charge is 2.30. The molecule has 1 saturated carbocycles. The summed E-state index contributed by atoms with van der Waals surface area (Å²) in [6.07, 6.45) is 2.69. The fourth-order valence-electron chi connectivity index (χ4n) is 3.07. The molecule has 0 amide bonds. The minimum atomic E-state index is 0.602. The smallest absolute Gasteiger partial charge is 0.191 e. The maximum absolute atomic E-state index is 5.75. The standard InChI is InChI=1S/C20H34N4O/c1-6-25-19-13-16(4)7-8-17(19)14-23-20(21-5)22-11-12-24(15(2)3)18-9-10-18/h7-8,13,15,18H,6,9-12,14H2,1-5H3,(H2,21,22,23). The van der Waals surface area contributed by atoms with Crippen molar-refractivity contribution in [2.45, 2.75) is 59.2 Å². The van der Waals surface area contributed by atoms with Gasteiger partial charge in [0.15, 0.2) is 5.96 Å². The molecule has 1 aliphatic carbocycles. The average Bonchev–Trinajstić information content (AvgIpc) is 3.40. The van der Waals surface area contributed by atoms with E-state index in [9.17, 15) is 0 Å². The summed E-state index contributed by atoms with van der Waals surface area (Å²) in [5, 5.41) is 6.82. The molecular weight excluding hydrogens is 312 g/mol. The van der Waals surface area contributed by atoms with Gasteiger partial charge in [0, 0.05) is 44.3 Å². The Kier molecular flexibility index (Phi) is 7.56. The third-order valence-electron chi connectivity index (χ3n) is 4.53. The van der Waals surface area contributed by atoms with Crippen molar-refractivity contribution in [3.8, 4) is 5.75 Å². The number of hydrogen-bond acceptors (Lipinski definition) is 3. The van der Waals surface area contributed by atoms with Crippen molar-refractivity contribution in [1.29, 1.82) is 0 Å². The van der Waals surface area contributed by atoms with E-state index in [1.54, 1.807) is 0 Å². The highest BCUT2D eigenvalue weighted by Crippen LogP contribution is 2.27. The van der Waals surface area contributed by atoms with E-state index in [4.69, 9.17) is 4.74 Å². The Morgan fingerprint density at radius 3 is 2.68 bits per heavy atom. The topological polar surface area (TPSA) is 48.9 Å². The monoisotopic (exact) mass is 346 g/mol. The van der Waals surface area contributed by atoms with E-state index in [1.165, 1.54) is 18.4 Å². The van der Waals surface area contributed by atoms with Gasteiger partial charge in [0.25, 0.3) is 0 Å². The quantitative estimate of drug-likeness (QED) is 0.533.